The lowest BCUT2D eigenvalue weighted by molar-refractivity contribution is 0.153. The third kappa shape index (κ3) is 5.60. The average molecular weight is 341 g/mol. The Morgan fingerprint density at radius 1 is 1.24 bits per heavy atom. The molecule has 2 aliphatic rings. The molecule has 1 aromatic rings. The fraction of sp³-hybridized carbons (Fsp3) is 0.571. The predicted molar refractivity (Wildman–Crippen MR) is 104 cm³/mol. The van der Waals surface area contributed by atoms with E-state index in [-0.39, 0.29) is 0 Å². The van der Waals surface area contributed by atoms with Crippen LogP contribution >= 0.6 is 0 Å². The normalized spacial score (nSPS) is 19.6. The minimum atomic E-state index is 0.777. The molecule has 0 unspecified atom stereocenters. The summed E-state index contributed by atoms with van der Waals surface area (Å²) in [5.41, 5.74) is 2.98. The zero-order valence-corrected chi connectivity index (χ0v) is 15.4. The Hall–Kier alpha value is -1.81. The molecule has 3 rings (SSSR count). The van der Waals surface area contributed by atoms with Crippen molar-refractivity contribution >= 4 is 5.96 Å². The number of hydrogen-bond acceptors (Lipinski definition) is 2. The molecule has 0 amide bonds. The fourth-order valence-electron chi connectivity index (χ4n) is 3.76. The maximum absolute atomic E-state index is 5.37. The summed E-state index contributed by atoms with van der Waals surface area (Å²) < 4.78 is 5.37. The first-order valence-electron chi connectivity index (χ1n) is 9.60. The molecule has 0 bridgehead atoms. The standard InChI is InChI=1S/C21H31N3O/c1-22-21(23-12-7-18-10-15-25-16-11-18)24-13-8-20(9-14-24)17-19-5-3-2-4-6-19/h2-6,10,20H,7-9,11-17H2,1H3,(H,22,23). The van der Waals surface area contributed by atoms with Crippen LogP contribution in [0.1, 0.15) is 31.2 Å². The van der Waals surface area contributed by atoms with Crippen molar-refractivity contribution in [2.45, 2.75) is 32.1 Å². The molecule has 0 radical (unpaired) electrons. The van der Waals surface area contributed by atoms with E-state index in [4.69, 9.17) is 4.74 Å². The molecule has 136 valence electrons. The van der Waals surface area contributed by atoms with E-state index in [0.29, 0.717) is 0 Å². The molecule has 1 saturated heterocycles. The molecule has 1 N–H and O–H groups in total. The fourth-order valence-corrected chi connectivity index (χ4v) is 3.76. The molecule has 4 nitrogen and oxygen atoms in total. The summed E-state index contributed by atoms with van der Waals surface area (Å²) in [6, 6.07) is 10.9. The van der Waals surface area contributed by atoms with Crippen LogP contribution in [0, 0.1) is 5.92 Å². The molecule has 0 atom stereocenters. The van der Waals surface area contributed by atoms with E-state index in [1.54, 1.807) is 0 Å². The summed E-state index contributed by atoms with van der Waals surface area (Å²) in [5, 5.41) is 3.55. The van der Waals surface area contributed by atoms with Crippen molar-refractivity contribution in [1.82, 2.24) is 10.2 Å². The Morgan fingerprint density at radius 2 is 2.04 bits per heavy atom. The number of nitrogens with zero attached hydrogens (tertiary/aromatic N) is 2. The maximum atomic E-state index is 5.37. The second-order valence-corrected chi connectivity index (χ2v) is 7.03. The van der Waals surface area contributed by atoms with Gasteiger partial charge >= 0.3 is 0 Å². The van der Waals surface area contributed by atoms with Crippen LogP contribution in [-0.4, -0.2) is 50.8 Å². The first-order chi connectivity index (χ1) is 12.3. The van der Waals surface area contributed by atoms with Gasteiger partial charge in [0, 0.05) is 26.7 Å². The van der Waals surface area contributed by atoms with Gasteiger partial charge in [-0.1, -0.05) is 42.0 Å². The number of guanidine groups is 1. The van der Waals surface area contributed by atoms with Gasteiger partial charge in [-0.3, -0.25) is 4.99 Å². The predicted octanol–water partition coefficient (Wildman–Crippen LogP) is 3.25. The van der Waals surface area contributed by atoms with E-state index >= 15 is 0 Å². The monoisotopic (exact) mass is 341 g/mol. The lowest BCUT2D eigenvalue weighted by atomic mass is 9.90. The second kappa shape index (κ2) is 9.62. The van der Waals surface area contributed by atoms with Crippen molar-refractivity contribution in [3.63, 3.8) is 0 Å². The Labute approximate surface area is 152 Å². The van der Waals surface area contributed by atoms with Crippen LogP contribution < -0.4 is 5.32 Å². The third-order valence-corrected chi connectivity index (χ3v) is 5.28. The van der Waals surface area contributed by atoms with Crippen LogP contribution in [0.15, 0.2) is 47.0 Å². The van der Waals surface area contributed by atoms with Gasteiger partial charge in [-0.25, -0.2) is 0 Å². The van der Waals surface area contributed by atoms with Gasteiger partial charge in [0.2, 0.25) is 0 Å². The molecule has 1 fully saturated rings. The highest BCUT2D eigenvalue weighted by atomic mass is 16.5. The maximum Gasteiger partial charge on any atom is 0.193 e. The van der Waals surface area contributed by atoms with Crippen molar-refractivity contribution < 1.29 is 4.74 Å². The van der Waals surface area contributed by atoms with Gasteiger partial charge in [0.05, 0.1) is 13.2 Å². The van der Waals surface area contributed by atoms with Gasteiger partial charge in [-0.2, -0.15) is 0 Å². The van der Waals surface area contributed by atoms with Crippen LogP contribution in [0.4, 0.5) is 0 Å². The second-order valence-electron chi connectivity index (χ2n) is 7.03. The van der Waals surface area contributed by atoms with Crippen molar-refractivity contribution in [1.29, 1.82) is 0 Å². The van der Waals surface area contributed by atoms with Gasteiger partial charge in [0.15, 0.2) is 5.96 Å². The molecule has 0 spiro atoms. The first kappa shape index (κ1) is 18.0. The van der Waals surface area contributed by atoms with Crippen molar-refractivity contribution in [2.24, 2.45) is 10.9 Å². The third-order valence-electron chi connectivity index (χ3n) is 5.28. The average Bonchev–Trinajstić information content (AvgIpc) is 2.68. The van der Waals surface area contributed by atoms with E-state index in [9.17, 15) is 0 Å². The van der Waals surface area contributed by atoms with E-state index in [1.165, 1.54) is 30.4 Å². The summed E-state index contributed by atoms with van der Waals surface area (Å²) in [6.45, 7) is 4.82. The number of ether oxygens (including phenoxy) is 1. The minimum Gasteiger partial charge on any atom is -0.377 e. The quantitative estimate of drug-likeness (QED) is 0.507. The number of rotatable bonds is 5. The molecule has 0 saturated carbocycles. The molecule has 25 heavy (non-hydrogen) atoms. The Morgan fingerprint density at radius 3 is 2.72 bits per heavy atom. The summed E-state index contributed by atoms with van der Waals surface area (Å²) in [4.78, 5) is 6.91. The highest BCUT2D eigenvalue weighted by molar-refractivity contribution is 5.79. The van der Waals surface area contributed by atoms with E-state index in [2.05, 4.69) is 51.6 Å². The molecule has 4 heteroatoms. The van der Waals surface area contributed by atoms with Gasteiger partial charge in [0.25, 0.3) is 0 Å². The van der Waals surface area contributed by atoms with E-state index in [0.717, 1.165) is 57.6 Å². The first-order valence-corrected chi connectivity index (χ1v) is 9.60. The largest absolute Gasteiger partial charge is 0.377 e. The summed E-state index contributed by atoms with van der Waals surface area (Å²) in [7, 11) is 1.89. The number of hydrogen-bond donors (Lipinski definition) is 1. The van der Waals surface area contributed by atoms with Gasteiger partial charge in [0.1, 0.15) is 0 Å². The Bertz CT molecular complexity index is 574. The zero-order valence-electron chi connectivity index (χ0n) is 15.4. The molecular weight excluding hydrogens is 310 g/mol. The van der Waals surface area contributed by atoms with Crippen molar-refractivity contribution in [2.75, 3.05) is 39.9 Å². The molecule has 0 aromatic heterocycles. The number of nitrogens with one attached hydrogen (secondary N) is 1. The lowest BCUT2D eigenvalue weighted by Crippen LogP contribution is -2.46. The summed E-state index contributed by atoms with van der Waals surface area (Å²) in [5.74, 6) is 1.86. The zero-order chi connectivity index (χ0) is 17.3. The molecule has 2 heterocycles. The number of aliphatic imine (C=N–C) groups is 1. The SMILES string of the molecule is CN=C(NCCC1=CCOCC1)N1CCC(Cc2ccccc2)CC1. The molecule has 0 aliphatic carbocycles. The molecule has 1 aromatic carbocycles. The number of piperidine rings is 1. The van der Waals surface area contributed by atoms with Crippen molar-refractivity contribution in [3.8, 4) is 0 Å². The minimum absolute atomic E-state index is 0.777. The van der Waals surface area contributed by atoms with Gasteiger partial charge < -0.3 is 15.0 Å². The van der Waals surface area contributed by atoms with Crippen LogP contribution in [0.5, 0.6) is 0 Å². The molecule has 2 aliphatic heterocycles. The smallest absolute Gasteiger partial charge is 0.193 e. The van der Waals surface area contributed by atoms with Crippen LogP contribution in [0.2, 0.25) is 0 Å². The number of benzene rings is 1. The van der Waals surface area contributed by atoms with E-state index < -0.39 is 0 Å². The topological polar surface area (TPSA) is 36.9 Å². The van der Waals surface area contributed by atoms with Crippen LogP contribution in [0.25, 0.3) is 0 Å². The molecular formula is C21H31N3O. The van der Waals surface area contributed by atoms with Gasteiger partial charge in [-0.15, -0.1) is 0 Å². The Balaban J connectivity index is 1.40. The lowest BCUT2D eigenvalue weighted by Gasteiger charge is -2.34. The van der Waals surface area contributed by atoms with Crippen LogP contribution in [0.3, 0.4) is 0 Å². The number of likely N-dealkylation sites (tertiary alicyclic amines) is 1. The summed E-state index contributed by atoms with van der Waals surface area (Å²) >= 11 is 0. The van der Waals surface area contributed by atoms with Crippen LogP contribution in [-0.2, 0) is 11.2 Å². The van der Waals surface area contributed by atoms with Crippen molar-refractivity contribution in [3.05, 3.63) is 47.5 Å². The van der Waals surface area contributed by atoms with Gasteiger partial charge in [-0.05, 0) is 43.6 Å². The summed E-state index contributed by atoms with van der Waals surface area (Å²) in [6.07, 6.45) is 8.09. The Kier molecular flexibility index (Phi) is 6.92. The highest BCUT2D eigenvalue weighted by Crippen LogP contribution is 2.21. The van der Waals surface area contributed by atoms with E-state index in [1.807, 2.05) is 7.05 Å². The highest BCUT2D eigenvalue weighted by Gasteiger charge is 2.21.